The van der Waals surface area contributed by atoms with Crippen molar-refractivity contribution < 1.29 is 4.74 Å². The molecule has 0 unspecified atom stereocenters. The molecule has 0 bridgehead atoms. The average molecular weight is 376 g/mol. The van der Waals surface area contributed by atoms with Crippen molar-refractivity contribution >= 4 is 28.9 Å². The number of hydrogen-bond acceptors (Lipinski definition) is 4. The van der Waals surface area contributed by atoms with Crippen LogP contribution in [0.1, 0.15) is 11.1 Å². The normalized spacial score (nSPS) is 10.5. The maximum Gasteiger partial charge on any atom is 0.285 e. The molecule has 2 N–H and O–H groups in total. The lowest BCUT2D eigenvalue weighted by molar-refractivity contribution is 0.305. The summed E-state index contributed by atoms with van der Waals surface area (Å²) in [4.78, 5) is 11.5. The molecule has 0 amide bonds. The molecule has 128 valence electrons. The summed E-state index contributed by atoms with van der Waals surface area (Å²) >= 11 is 12.1. The fourth-order valence-electron chi connectivity index (χ4n) is 2.29. The smallest absolute Gasteiger partial charge is 0.285 e. The summed E-state index contributed by atoms with van der Waals surface area (Å²) in [5.41, 5.74) is 2.07. The maximum absolute atomic E-state index is 11.5. The van der Waals surface area contributed by atoms with Crippen LogP contribution in [-0.2, 0) is 13.2 Å². The molecule has 0 aliphatic rings. The van der Waals surface area contributed by atoms with Crippen molar-refractivity contribution in [3.8, 4) is 5.75 Å². The number of hydrogen-bond donors (Lipinski definition) is 2. The Bertz CT molecular complexity index is 928. The van der Waals surface area contributed by atoms with Crippen LogP contribution in [0.15, 0.2) is 59.5 Å². The molecule has 0 aliphatic heterocycles. The third kappa shape index (κ3) is 4.32. The minimum atomic E-state index is -0.429. The summed E-state index contributed by atoms with van der Waals surface area (Å²) in [5, 5.41) is 9.80. The summed E-state index contributed by atoms with van der Waals surface area (Å²) in [6, 6.07) is 15.2. The molecular formula is C18H15Cl2N3O2. The molecular weight excluding hydrogens is 361 g/mol. The Morgan fingerprint density at radius 3 is 2.56 bits per heavy atom. The fourth-order valence-corrected chi connectivity index (χ4v) is 2.63. The van der Waals surface area contributed by atoms with Crippen LogP contribution in [0.5, 0.6) is 5.75 Å². The Labute approximate surface area is 154 Å². The Morgan fingerprint density at radius 1 is 1.04 bits per heavy atom. The minimum Gasteiger partial charge on any atom is -0.487 e. The van der Waals surface area contributed by atoms with Gasteiger partial charge >= 0.3 is 0 Å². The molecule has 2 aromatic carbocycles. The van der Waals surface area contributed by atoms with E-state index in [1.54, 1.807) is 6.07 Å². The number of nitrogens with one attached hydrogen (secondary N) is 2. The van der Waals surface area contributed by atoms with Crippen LogP contribution in [0.25, 0.3) is 0 Å². The largest absolute Gasteiger partial charge is 0.487 e. The van der Waals surface area contributed by atoms with Crippen molar-refractivity contribution in [3.63, 3.8) is 0 Å². The van der Waals surface area contributed by atoms with Gasteiger partial charge in [-0.05, 0) is 23.3 Å². The highest BCUT2D eigenvalue weighted by molar-refractivity contribution is 6.33. The van der Waals surface area contributed by atoms with Crippen LogP contribution < -0.4 is 15.6 Å². The van der Waals surface area contributed by atoms with E-state index in [1.807, 2.05) is 42.5 Å². The van der Waals surface area contributed by atoms with Crippen LogP contribution in [-0.4, -0.2) is 10.2 Å². The minimum absolute atomic E-state index is 0.0831. The van der Waals surface area contributed by atoms with Crippen molar-refractivity contribution in [2.24, 2.45) is 0 Å². The Balaban J connectivity index is 1.72. The van der Waals surface area contributed by atoms with E-state index in [0.717, 1.165) is 11.1 Å². The summed E-state index contributed by atoms with van der Waals surface area (Å²) in [7, 11) is 0. The van der Waals surface area contributed by atoms with Gasteiger partial charge in [-0.25, -0.2) is 5.10 Å². The molecule has 0 saturated heterocycles. The van der Waals surface area contributed by atoms with Gasteiger partial charge in [0.2, 0.25) is 0 Å². The quantitative estimate of drug-likeness (QED) is 0.674. The zero-order valence-electron chi connectivity index (χ0n) is 13.1. The molecule has 0 fully saturated rings. The van der Waals surface area contributed by atoms with Crippen molar-refractivity contribution in [1.82, 2.24) is 10.2 Å². The first-order valence-corrected chi connectivity index (χ1v) is 8.32. The monoisotopic (exact) mass is 375 g/mol. The summed E-state index contributed by atoms with van der Waals surface area (Å²) < 4.78 is 5.81. The summed E-state index contributed by atoms with van der Waals surface area (Å²) in [6.45, 7) is 0.857. The average Bonchev–Trinajstić information content (AvgIpc) is 2.63. The van der Waals surface area contributed by atoms with Gasteiger partial charge in [0.05, 0.1) is 16.9 Å². The zero-order valence-corrected chi connectivity index (χ0v) is 14.6. The molecule has 1 aromatic heterocycles. The number of rotatable bonds is 6. The number of halogens is 2. The highest BCUT2D eigenvalue weighted by atomic mass is 35.5. The van der Waals surface area contributed by atoms with Gasteiger partial charge in [-0.3, -0.25) is 4.79 Å². The van der Waals surface area contributed by atoms with Crippen molar-refractivity contribution in [1.29, 1.82) is 0 Å². The van der Waals surface area contributed by atoms with E-state index in [4.69, 9.17) is 27.9 Å². The Hall–Kier alpha value is -2.50. The first-order valence-electron chi connectivity index (χ1n) is 7.56. The van der Waals surface area contributed by atoms with Crippen molar-refractivity contribution in [2.45, 2.75) is 13.2 Å². The molecule has 0 aliphatic carbocycles. The first-order chi connectivity index (χ1) is 12.1. The highest BCUT2D eigenvalue weighted by Gasteiger charge is 2.08. The number of aromatic nitrogens is 2. The van der Waals surface area contributed by atoms with Gasteiger partial charge in [0.15, 0.2) is 0 Å². The van der Waals surface area contributed by atoms with Crippen LogP contribution in [0.3, 0.4) is 0 Å². The van der Waals surface area contributed by atoms with E-state index in [0.29, 0.717) is 29.6 Å². The summed E-state index contributed by atoms with van der Waals surface area (Å²) in [6.07, 6.45) is 1.48. The molecule has 3 aromatic rings. The second-order valence-corrected chi connectivity index (χ2v) is 6.05. The van der Waals surface area contributed by atoms with E-state index in [9.17, 15) is 4.79 Å². The number of aromatic amines is 1. The van der Waals surface area contributed by atoms with Gasteiger partial charge in [0, 0.05) is 6.54 Å². The van der Waals surface area contributed by atoms with Crippen molar-refractivity contribution in [3.05, 3.63) is 86.3 Å². The van der Waals surface area contributed by atoms with Gasteiger partial charge in [-0.2, -0.15) is 5.10 Å². The second-order valence-electron chi connectivity index (χ2n) is 5.27. The number of anilines is 1. The molecule has 0 saturated carbocycles. The predicted octanol–water partition coefficient (Wildman–Crippen LogP) is 4.27. The zero-order chi connectivity index (χ0) is 17.6. The molecule has 3 rings (SSSR count). The van der Waals surface area contributed by atoms with Gasteiger partial charge in [-0.15, -0.1) is 0 Å². The second kappa shape index (κ2) is 8.05. The van der Waals surface area contributed by atoms with Crippen LogP contribution in [0, 0.1) is 0 Å². The van der Waals surface area contributed by atoms with Gasteiger partial charge in [0.25, 0.3) is 5.56 Å². The Kier molecular flexibility index (Phi) is 5.58. The number of benzene rings is 2. The number of ether oxygens (including phenoxy) is 1. The topological polar surface area (TPSA) is 67.0 Å². The molecule has 5 nitrogen and oxygen atoms in total. The van der Waals surface area contributed by atoms with E-state index >= 15 is 0 Å². The van der Waals surface area contributed by atoms with E-state index in [1.165, 1.54) is 6.20 Å². The van der Waals surface area contributed by atoms with Gasteiger partial charge in [-0.1, -0.05) is 59.6 Å². The highest BCUT2D eigenvalue weighted by Crippen LogP contribution is 2.25. The van der Waals surface area contributed by atoms with Crippen LogP contribution in [0.2, 0.25) is 10.0 Å². The third-order valence-electron chi connectivity index (χ3n) is 3.60. The molecule has 1 heterocycles. The van der Waals surface area contributed by atoms with Crippen LogP contribution >= 0.6 is 23.2 Å². The molecule has 0 radical (unpaired) electrons. The van der Waals surface area contributed by atoms with Gasteiger partial charge < -0.3 is 10.1 Å². The lowest BCUT2D eigenvalue weighted by atomic mass is 10.1. The lowest BCUT2D eigenvalue weighted by Gasteiger charge is -2.13. The standard InChI is InChI=1S/C18H15Cl2N3O2/c19-14-7-3-4-8-16(14)25-11-13-6-2-1-5-12(13)9-21-15-10-22-23-18(24)17(15)20/h1-8,10H,9,11H2,(H2,21,23,24). The maximum atomic E-state index is 11.5. The fraction of sp³-hybridized carbons (Fsp3) is 0.111. The van der Waals surface area contributed by atoms with Gasteiger partial charge in [0.1, 0.15) is 17.4 Å². The first kappa shape index (κ1) is 17.3. The lowest BCUT2D eigenvalue weighted by Crippen LogP contribution is -2.12. The molecule has 0 spiro atoms. The summed E-state index contributed by atoms with van der Waals surface area (Å²) in [5.74, 6) is 0.633. The number of nitrogens with zero attached hydrogens (tertiary/aromatic N) is 1. The van der Waals surface area contributed by atoms with E-state index in [2.05, 4.69) is 15.5 Å². The molecule has 0 atom stereocenters. The third-order valence-corrected chi connectivity index (χ3v) is 4.29. The molecule has 7 heteroatoms. The van der Waals surface area contributed by atoms with E-state index in [-0.39, 0.29) is 5.02 Å². The predicted molar refractivity (Wildman–Crippen MR) is 99.4 cm³/mol. The Morgan fingerprint density at radius 2 is 1.76 bits per heavy atom. The molecule has 25 heavy (non-hydrogen) atoms. The van der Waals surface area contributed by atoms with E-state index < -0.39 is 5.56 Å². The number of H-pyrrole nitrogens is 1. The van der Waals surface area contributed by atoms with Crippen molar-refractivity contribution in [2.75, 3.05) is 5.32 Å². The SMILES string of the molecule is O=c1[nH]ncc(NCc2ccccc2COc2ccccc2Cl)c1Cl. The van der Waals surface area contributed by atoms with Crippen LogP contribution in [0.4, 0.5) is 5.69 Å². The number of para-hydroxylation sites is 1.